The molecule has 2 aromatic carbocycles. The van der Waals surface area contributed by atoms with Crippen molar-refractivity contribution >= 4 is 11.4 Å². The lowest BCUT2D eigenvalue weighted by Gasteiger charge is -2.23. The standard InChI is InChI=1S/C15H11N3O/c1-19-18(13-7-3-2-4-8-13)15-9-5-6-12(10-16)14(15)11-17/h2-9H,1H3. The molecule has 4 heteroatoms. The number of hydrogen-bond donors (Lipinski definition) is 0. The Hall–Kier alpha value is -2.82. The van der Waals surface area contributed by atoms with Crippen molar-refractivity contribution in [2.45, 2.75) is 0 Å². The van der Waals surface area contributed by atoms with Gasteiger partial charge in [-0.3, -0.25) is 4.84 Å². The number of benzene rings is 2. The Morgan fingerprint density at radius 1 is 0.947 bits per heavy atom. The molecule has 0 bridgehead atoms. The number of para-hydroxylation sites is 1. The van der Waals surface area contributed by atoms with E-state index in [-0.39, 0.29) is 0 Å². The first kappa shape index (κ1) is 12.6. The molecule has 4 nitrogen and oxygen atoms in total. The predicted molar refractivity (Wildman–Crippen MR) is 71.5 cm³/mol. The molecule has 0 spiro atoms. The first-order chi connectivity index (χ1) is 9.31. The number of nitrogens with zero attached hydrogens (tertiary/aromatic N) is 3. The largest absolute Gasteiger partial charge is 0.272 e. The van der Waals surface area contributed by atoms with Crippen LogP contribution in [0.2, 0.25) is 0 Å². The quantitative estimate of drug-likeness (QED) is 0.784. The van der Waals surface area contributed by atoms with Crippen LogP contribution in [0.25, 0.3) is 0 Å². The second-order valence-electron chi connectivity index (χ2n) is 3.74. The monoisotopic (exact) mass is 249 g/mol. The zero-order valence-corrected chi connectivity index (χ0v) is 10.4. The Morgan fingerprint density at radius 3 is 2.26 bits per heavy atom. The summed E-state index contributed by atoms with van der Waals surface area (Å²) in [7, 11) is 1.52. The molecule has 0 aliphatic carbocycles. The van der Waals surface area contributed by atoms with Gasteiger partial charge in [-0.1, -0.05) is 24.3 Å². The maximum absolute atomic E-state index is 9.24. The van der Waals surface area contributed by atoms with Gasteiger partial charge in [-0.25, -0.2) is 5.06 Å². The van der Waals surface area contributed by atoms with Crippen molar-refractivity contribution < 1.29 is 4.84 Å². The van der Waals surface area contributed by atoms with Gasteiger partial charge in [-0.2, -0.15) is 10.5 Å². The highest BCUT2D eigenvalue weighted by molar-refractivity contribution is 5.70. The molecule has 0 N–H and O–H groups in total. The van der Waals surface area contributed by atoms with Gasteiger partial charge in [0.15, 0.2) is 0 Å². The Kier molecular flexibility index (Phi) is 3.78. The summed E-state index contributed by atoms with van der Waals surface area (Å²) >= 11 is 0. The average Bonchev–Trinajstić information content (AvgIpc) is 2.48. The Morgan fingerprint density at radius 2 is 1.68 bits per heavy atom. The van der Waals surface area contributed by atoms with Gasteiger partial charge in [0.2, 0.25) is 0 Å². The molecule has 0 amide bonds. The first-order valence-corrected chi connectivity index (χ1v) is 5.64. The highest BCUT2D eigenvalue weighted by Crippen LogP contribution is 2.29. The van der Waals surface area contributed by atoms with Crippen LogP contribution in [-0.2, 0) is 4.84 Å². The van der Waals surface area contributed by atoms with Gasteiger partial charge in [0.25, 0.3) is 0 Å². The lowest BCUT2D eigenvalue weighted by atomic mass is 10.1. The molecule has 0 saturated carbocycles. The van der Waals surface area contributed by atoms with Crippen LogP contribution in [0.4, 0.5) is 11.4 Å². The summed E-state index contributed by atoms with van der Waals surface area (Å²) in [6, 6.07) is 18.5. The van der Waals surface area contributed by atoms with E-state index in [0.717, 1.165) is 5.69 Å². The van der Waals surface area contributed by atoms with Crippen LogP contribution in [0.5, 0.6) is 0 Å². The maximum atomic E-state index is 9.24. The van der Waals surface area contributed by atoms with Crippen molar-refractivity contribution in [2.24, 2.45) is 0 Å². The number of hydrogen-bond acceptors (Lipinski definition) is 4. The molecule has 0 aliphatic heterocycles. The van der Waals surface area contributed by atoms with Crippen molar-refractivity contribution in [3.05, 3.63) is 59.7 Å². The van der Waals surface area contributed by atoms with Gasteiger partial charge in [0.1, 0.15) is 12.1 Å². The van der Waals surface area contributed by atoms with E-state index in [2.05, 4.69) is 6.07 Å². The van der Waals surface area contributed by atoms with E-state index in [1.165, 1.54) is 12.2 Å². The number of nitriles is 2. The fourth-order valence-corrected chi connectivity index (χ4v) is 1.83. The van der Waals surface area contributed by atoms with Crippen LogP contribution in [0, 0.1) is 22.7 Å². The molecule has 0 saturated heterocycles. The van der Waals surface area contributed by atoms with Crippen LogP contribution in [0.15, 0.2) is 48.5 Å². The predicted octanol–water partition coefficient (Wildman–Crippen LogP) is 3.13. The molecular weight excluding hydrogens is 238 g/mol. The molecule has 2 aromatic rings. The van der Waals surface area contributed by atoms with Crippen molar-refractivity contribution in [2.75, 3.05) is 12.2 Å². The lowest BCUT2D eigenvalue weighted by Crippen LogP contribution is -2.16. The fraction of sp³-hybridized carbons (Fsp3) is 0.0667. The van der Waals surface area contributed by atoms with Crippen LogP contribution in [0.3, 0.4) is 0 Å². The second kappa shape index (κ2) is 5.68. The van der Waals surface area contributed by atoms with Crippen molar-refractivity contribution in [1.82, 2.24) is 0 Å². The van der Waals surface area contributed by atoms with E-state index in [1.54, 1.807) is 18.2 Å². The van der Waals surface area contributed by atoms with E-state index in [9.17, 15) is 5.26 Å². The molecule has 0 unspecified atom stereocenters. The molecule has 0 atom stereocenters. The van der Waals surface area contributed by atoms with Gasteiger partial charge < -0.3 is 0 Å². The minimum Gasteiger partial charge on any atom is -0.272 e. The smallest absolute Gasteiger partial charge is 0.103 e. The summed E-state index contributed by atoms with van der Waals surface area (Å²) in [6.07, 6.45) is 0. The minimum absolute atomic E-state index is 0.302. The summed E-state index contributed by atoms with van der Waals surface area (Å²) < 4.78 is 0. The van der Waals surface area contributed by atoms with Crippen LogP contribution < -0.4 is 5.06 Å². The molecule has 19 heavy (non-hydrogen) atoms. The Bertz CT molecular complexity index is 653. The highest BCUT2D eigenvalue weighted by atomic mass is 16.7. The Labute approximate surface area is 111 Å². The van der Waals surface area contributed by atoms with Crippen molar-refractivity contribution in [1.29, 1.82) is 10.5 Å². The van der Waals surface area contributed by atoms with Gasteiger partial charge in [-0.15, -0.1) is 0 Å². The zero-order chi connectivity index (χ0) is 13.7. The molecule has 0 aliphatic rings. The van der Waals surface area contributed by atoms with E-state index in [1.807, 2.05) is 36.4 Å². The van der Waals surface area contributed by atoms with Gasteiger partial charge in [0, 0.05) is 0 Å². The zero-order valence-electron chi connectivity index (χ0n) is 10.4. The summed E-state index contributed by atoms with van der Waals surface area (Å²) in [5.74, 6) is 0. The summed E-state index contributed by atoms with van der Waals surface area (Å²) in [6.45, 7) is 0. The van der Waals surface area contributed by atoms with Crippen molar-refractivity contribution in [3.63, 3.8) is 0 Å². The van der Waals surface area contributed by atoms with E-state index >= 15 is 0 Å². The normalized spacial score (nSPS) is 9.42. The fourth-order valence-electron chi connectivity index (χ4n) is 1.83. The molecular formula is C15H11N3O. The molecule has 0 fully saturated rings. The third kappa shape index (κ3) is 2.40. The minimum atomic E-state index is 0.302. The Balaban J connectivity index is 2.58. The summed E-state index contributed by atoms with van der Waals surface area (Å²) in [4.78, 5) is 5.34. The van der Waals surface area contributed by atoms with E-state index in [4.69, 9.17) is 10.1 Å². The molecule has 2 rings (SSSR count). The molecule has 92 valence electrons. The van der Waals surface area contributed by atoms with Crippen LogP contribution >= 0.6 is 0 Å². The van der Waals surface area contributed by atoms with Gasteiger partial charge in [0.05, 0.1) is 29.6 Å². The second-order valence-corrected chi connectivity index (χ2v) is 3.74. The topological polar surface area (TPSA) is 60.0 Å². The number of anilines is 2. The van der Waals surface area contributed by atoms with Gasteiger partial charge >= 0.3 is 0 Å². The molecule has 0 heterocycles. The van der Waals surface area contributed by atoms with E-state index < -0.39 is 0 Å². The van der Waals surface area contributed by atoms with Crippen LogP contribution in [0.1, 0.15) is 11.1 Å². The maximum Gasteiger partial charge on any atom is 0.103 e. The third-order valence-corrected chi connectivity index (χ3v) is 2.67. The molecule has 0 radical (unpaired) electrons. The average molecular weight is 249 g/mol. The first-order valence-electron chi connectivity index (χ1n) is 5.64. The summed E-state index contributed by atoms with van der Waals surface area (Å²) in [5, 5.41) is 19.8. The molecule has 0 aromatic heterocycles. The van der Waals surface area contributed by atoms with E-state index in [0.29, 0.717) is 16.8 Å². The van der Waals surface area contributed by atoms with Crippen molar-refractivity contribution in [3.8, 4) is 12.1 Å². The van der Waals surface area contributed by atoms with Crippen LogP contribution in [-0.4, -0.2) is 7.11 Å². The highest BCUT2D eigenvalue weighted by Gasteiger charge is 2.15. The number of rotatable bonds is 3. The SMILES string of the molecule is CON(c1ccccc1)c1cccc(C#N)c1C#N. The lowest BCUT2D eigenvalue weighted by molar-refractivity contribution is 0.201. The summed E-state index contributed by atoms with van der Waals surface area (Å²) in [5.41, 5.74) is 1.97. The third-order valence-electron chi connectivity index (χ3n) is 2.67. The van der Waals surface area contributed by atoms with Gasteiger partial charge in [-0.05, 0) is 24.3 Å².